The first kappa shape index (κ1) is 14.8. The molecule has 1 saturated heterocycles. The number of benzene rings is 2. The van der Waals surface area contributed by atoms with E-state index in [0.717, 1.165) is 16.7 Å². The zero-order valence-electron chi connectivity index (χ0n) is 13.0. The predicted octanol–water partition coefficient (Wildman–Crippen LogP) is 3.60. The van der Waals surface area contributed by atoms with Crippen molar-refractivity contribution in [3.63, 3.8) is 0 Å². The summed E-state index contributed by atoms with van der Waals surface area (Å²) in [5.41, 5.74) is 3.02. The molecule has 1 heterocycles. The molecule has 1 amide bonds. The van der Waals surface area contributed by atoms with Crippen LogP contribution in [0.2, 0.25) is 0 Å². The van der Waals surface area contributed by atoms with E-state index >= 15 is 0 Å². The first-order chi connectivity index (χ1) is 10.7. The molecule has 2 aromatic carbocycles. The summed E-state index contributed by atoms with van der Waals surface area (Å²) in [4.78, 5) is 14.7. The highest BCUT2D eigenvalue weighted by Gasteiger charge is 2.30. The van der Waals surface area contributed by atoms with Gasteiger partial charge in [0.15, 0.2) is 0 Å². The summed E-state index contributed by atoms with van der Waals surface area (Å²) in [5.74, 6) is 0.0860. The number of carbonyl (C=O) groups is 1. The molecule has 0 bridgehead atoms. The van der Waals surface area contributed by atoms with Crippen LogP contribution in [0.1, 0.15) is 24.2 Å². The minimum Gasteiger partial charge on any atom is -0.377 e. The molecular weight excluding hydrogens is 274 g/mol. The standard InChI is InChI=1S/C19H21NO2/c1-14-12-22-13-15(2)20(14)19(21)18-10-8-17(9-11-18)16-6-4-3-5-7-16/h3-11,14-15H,12-13H2,1-2H3. The highest BCUT2D eigenvalue weighted by molar-refractivity contribution is 5.95. The van der Waals surface area contributed by atoms with E-state index < -0.39 is 0 Å². The van der Waals surface area contributed by atoms with Gasteiger partial charge in [0.1, 0.15) is 0 Å². The fraction of sp³-hybridized carbons (Fsp3) is 0.316. The lowest BCUT2D eigenvalue weighted by Crippen LogP contribution is -2.52. The number of hydrogen-bond acceptors (Lipinski definition) is 2. The van der Waals surface area contributed by atoms with E-state index in [9.17, 15) is 4.79 Å². The monoisotopic (exact) mass is 295 g/mol. The van der Waals surface area contributed by atoms with Gasteiger partial charge in [-0.05, 0) is 37.1 Å². The Bertz CT molecular complexity index is 626. The lowest BCUT2D eigenvalue weighted by molar-refractivity contribution is -0.0249. The Morgan fingerprint density at radius 3 is 2.05 bits per heavy atom. The average molecular weight is 295 g/mol. The van der Waals surface area contributed by atoms with Crippen molar-refractivity contribution >= 4 is 5.91 Å². The third-order valence-corrected chi connectivity index (χ3v) is 4.14. The van der Waals surface area contributed by atoms with Crippen LogP contribution in [0.4, 0.5) is 0 Å². The van der Waals surface area contributed by atoms with Gasteiger partial charge in [0, 0.05) is 5.56 Å². The van der Waals surface area contributed by atoms with Gasteiger partial charge in [0.2, 0.25) is 0 Å². The highest BCUT2D eigenvalue weighted by Crippen LogP contribution is 2.22. The summed E-state index contributed by atoms with van der Waals surface area (Å²) < 4.78 is 5.49. The smallest absolute Gasteiger partial charge is 0.254 e. The maximum atomic E-state index is 12.7. The Morgan fingerprint density at radius 1 is 0.909 bits per heavy atom. The molecule has 2 unspecified atom stereocenters. The van der Waals surface area contributed by atoms with Crippen molar-refractivity contribution in [1.29, 1.82) is 0 Å². The van der Waals surface area contributed by atoms with E-state index in [1.54, 1.807) is 0 Å². The topological polar surface area (TPSA) is 29.5 Å². The van der Waals surface area contributed by atoms with E-state index in [4.69, 9.17) is 4.74 Å². The molecule has 1 aliphatic rings. The number of amides is 1. The molecule has 22 heavy (non-hydrogen) atoms. The zero-order valence-corrected chi connectivity index (χ0v) is 13.0. The van der Waals surface area contributed by atoms with Crippen LogP contribution in [0.3, 0.4) is 0 Å². The Labute approximate surface area is 131 Å². The Kier molecular flexibility index (Phi) is 4.25. The highest BCUT2D eigenvalue weighted by atomic mass is 16.5. The molecule has 3 heteroatoms. The molecule has 2 atom stereocenters. The van der Waals surface area contributed by atoms with Gasteiger partial charge in [-0.25, -0.2) is 0 Å². The zero-order chi connectivity index (χ0) is 15.5. The lowest BCUT2D eigenvalue weighted by atomic mass is 10.0. The van der Waals surface area contributed by atoms with Crippen LogP contribution in [0.15, 0.2) is 54.6 Å². The van der Waals surface area contributed by atoms with Gasteiger partial charge >= 0.3 is 0 Å². The van der Waals surface area contributed by atoms with Gasteiger partial charge in [-0.2, -0.15) is 0 Å². The third-order valence-electron chi connectivity index (χ3n) is 4.14. The SMILES string of the molecule is CC1COCC(C)N1C(=O)c1ccc(-c2ccccc2)cc1. The van der Waals surface area contributed by atoms with Gasteiger partial charge < -0.3 is 9.64 Å². The molecule has 3 nitrogen and oxygen atoms in total. The first-order valence-electron chi connectivity index (χ1n) is 7.72. The molecule has 114 valence electrons. The Hall–Kier alpha value is -2.13. The lowest BCUT2D eigenvalue weighted by Gasteiger charge is -2.38. The summed E-state index contributed by atoms with van der Waals surface area (Å²) >= 11 is 0. The summed E-state index contributed by atoms with van der Waals surface area (Å²) in [6.07, 6.45) is 0. The number of hydrogen-bond donors (Lipinski definition) is 0. The molecule has 3 rings (SSSR count). The molecule has 1 aliphatic heterocycles. The number of morpholine rings is 1. The molecule has 1 fully saturated rings. The number of ether oxygens (including phenoxy) is 1. The minimum absolute atomic E-state index is 0.0860. The minimum atomic E-state index is 0.0860. The molecule has 0 aliphatic carbocycles. The van der Waals surface area contributed by atoms with Crippen molar-refractivity contribution in [3.8, 4) is 11.1 Å². The Morgan fingerprint density at radius 2 is 1.45 bits per heavy atom. The molecule has 0 N–H and O–H groups in total. The predicted molar refractivity (Wildman–Crippen MR) is 87.8 cm³/mol. The molecule has 0 spiro atoms. The van der Waals surface area contributed by atoms with E-state index in [1.807, 2.05) is 61.2 Å². The normalized spacial score (nSPS) is 21.6. The van der Waals surface area contributed by atoms with Crippen molar-refractivity contribution in [3.05, 3.63) is 60.2 Å². The van der Waals surface area contributed by atoms with E-state index in [2.05, 4.69) is 12.1 Å². The average Bonchev–Trinajstić information content (AvgIpc) is 2.55. The van der Waals surface area contributed by atoms with Gasteiger partial charge in [-0.3, -0.25) is 4.79 Å². The summed E-state index contributed by atoms with van der Waals surface area (Å²) in [6.45, 7) is 5.29. The molecule has 0 aromatic heterocycles. The molecule has 0 radical (unpaired) electrons. The van der Waals surface area contributed by atoms with Crippen LogP contribution < -0.4 is 0 Å². The number of rotatable bonds is 2. The summed E-state index contributed by atoms with van der Waals surface area (Å²) in [7, 11) is 0. The van der Waals surface area contributed by atoms with E-state index in [0.29, 0.717) is 13.2 Å². The van der Waals surface area contributed by atoms with Crippen molar-refractivity contribution in [1.82, 2.24) is 4.90 Å². The first-order valence-corrected chi connectivity index (χ1v) is 7.72. The van der Waals surface area contributed by atoms with Crippen LogP contribution in [0.25, 0.3) is 11.1 Å². The van der Waals surface area contributed by atoms with Gasteiger partial charge in [0.05, 0.1) is 25.3 Å². The largest absolute Gasteiger partial charge is 0.377 e. The Balaban J connectivity index is 1.82. The fourth-order valence-electron chi connectivity index (χ4n) is 2.99. The summed E-state index contributed by atoms with van der Waals surface area (Å²) in [6, 6.07) is 18.3. The molecule has 0 saturated carbocycles. The van der Waals surface area contributed by atoms with Gasteiger partial charge in [-0.1, -0.05) is 42.5 Å². The fourth-order valence-corrected chi connectivity index (χ4v) is 2.99. The molecule has 2 aromatic rings. The second-order valence-corrected chi connectivity index (χ2v) is 5.89. The van der Waals surface area contributed by atoms with E-state index in [-0.39, 0.29) is 18.0 Å². The van der Waals surface area contributed by atoms with Crippen molar-refractivity contribution in [2.75, 3.05) is 13.2 Å². The van der Waals surface area contributed by atoms with E-state index in [1.165, 1.54) is 0 Å². The van der Waals surface area contributed by atoms with Gasteiger partial charge in [0.25, 0.3) is 5.91 Å². The second kappa shape index (κ2) is 6.32. The van der Waals surface area contributed by atoms with Crippen molar-refractivity contribution in [2.45, 2.75) is 25.9 Å². The summed E-state index contributed by atoms with van der Waals surface area (Å²) in [5, 5.41) is 0. The number of nitrogens with zero attached hydrogens (tertiary/aromatic N) is 1. The van der Waals surface area contributed by atoms with Crippen LogP contribution >= 0.6 is 0 Å². The second-order valence-electron chi connectivity index (χ2n) is 5.89. The quantitative estimate of drug-likeness (QED) is 0.847. The van der Waals surface area contributed by atoms with Crippen LogP contribution in [0.5, 0.6) is 0 Å². The third kappa shape index (κ3) is 2.90. The van der Waals surface area contributed by atoms with Gasteiger partial charge in [-0.15, -0.1) is 0 Å². The molecular formula is C19H21NO2. The maximum Gasteiger partial charge on any atom is 0.254 e. The van der Waals surface area contributed by atoms with Crippen LogP contribution in [0, 0.1) is 0 Å². The van der Waals surface area contributed by atoms with Crippen LogP contribution in [-0.4, -0.2) is 36.1 Å². The van der Waals surface area contributed by atoms with Crippen LogP contribution in [-0.2, 0) is 4.74 Å². The van der Waals surface area contributed by atoms with Crippen molar-refractivity contribution < 1.29 is 9.53 Å². The number of carbonyl (C=O) groups excluding carboxylic acids is 1. The maximum absolute atomic E-state index is 12.7. The van der Waals surface area contributed by atoms with Crippen molar-refractivity contribution in [2.24, 2.45) is 0 Å².